The average molecular weight is 112 g/mol. The lowest BCUT2D eigenvalue weighted by Crippen LogP contribution is -2.55. The normalized spacial score (nSPS) is 60.8. The van der Waals surface area contributed by atoms with Gasteiger partial charge in [-0.3, -0.25) is 0 Å². The molecule has 2 heterocycles. The van der Waals surface area contributed by atoms with E-state index in [1.54, 1.807) is 0 Å². The van der Waals surface area contributed by atoms with Crippen LogP contribution in [0.4, 0.5) is 0 Å². The Morgan fingerprint density at radius 2 is 2.50 bits per heavy atom. The molecule has 0 aromatic carbocycles. The first-order chi connectivity index (χ1) is 3.72. The zero-order valence-electron chi connectivity index (χ0n) is 5.15. The van der Waals surface area contributed by atoms with E-state index >= 15 is 0 Å². The highest BCUT2D eigenvalue weighted by Gasteiger charge is 2.53. The van der Waals surface area contributed by atoms with Gasteiger partial charge in [0.25, 0.3) is 0 Å². The van der Waals surface area contributed by atoms with E-state index in [0.29, 0.717) is 17.5 Å². The van der Waals surface area contributed by atoms with Crippen molar-refractivity contribution in [3.05, 3.63) is 0 Å². The lowest BCUT2D eigenvalue weighted by atomic mass is 9.67. The third-order valence-corrected chi connectivity index (χ3v) is 2.69. The van der Waals surface area contributed by atoms with Crippen molar-refractivity contribution in [3.8, 4) is 0 Å². The molecule has 0 radical (unpaired) electrons. The highest BCUT2D eigenvalue weighted by atomic mass is 15.1. The van der Waals surface area contributed by atoms with Crippen molar-refractivity contribution in [2.45, 2.75) is 25.4 Å². The van der Waals surface area contributed by atoms with Crippen molar-refractivity contribution in [2.75, 3.05) is 6.54 Å². The third-order valence-electron chi connectivity index (χ3n) is 2.69. The van der Waals surface area contributed by atoms with Crippen LogP contribution in [-0.2, 0) is 0 Å². The molecule has 2 bridgehead atoms. The molecular formula is C6H12N2. The predicted octanol–water partition coefficient (Wildman–Crippen LogP) is -0.305. The van der Waals surface area contributed by atoms with Crippen LogP contribution < -0.4 is 11.1 Å². The van der Waals surface area contributed by atoms with Gasteiger partial charge in [-0.1, -0.05) is 6.92 Å². The van der Waals surface area contributed by atoms with Crippen molar-refractivity contribution in [1.82, 2.24) is 5.32 Å². The summed E-state index contributed by atoms with van der Waals surface area (Å²) in [5.74, 6) is 0. The maximum atomic E-state index is 5.80. The summed E-state index contributed by atoms with van der Waals surface area (Å²) in [7, 11) is 0. The second-order valence-electron chi connectivity index (χ2n) is 3.37. The van der Waals surface area contributed by atoms with Crippen LogP contribution in [0.1, 0.15) is 13.3 Å². The summed E-state index contributed by atoms with van der Waals surface area (Å²) in [6.45, 7) is 3.40. The van der Waals surface area contributed by atoms with Crippen molar-refractivity contribution in [2.24, 2.45) is 11.1 Å². The Kier molecular flexibility index (Phi) is 0.649. The first-order valence-electron chi connectivity index (χ1n) is 3.21. The number of fused-ring (bicyclic) bond motifs is 1. The van der Waals surface area contributed by atoms with Crippen LogP contribution in [-0.4, -0.2) is 18.6 Å². The van der Waals surface area contributed by atoms with Crippen LogP contribution in [0.5, 0.6) is 0 Å². The molecule has 3 atom stereocenters. The Morgan fingerprint density at radius 3 is 2.62 bits per heavy atom. The molecule has 0 spiro atoms. The second-order valence-corrected chi connectivity index (χ2v) is 3.37. The highest BCUT2D eigenvalue weighted by Crippen LogP contribution is 2.44. The van der Waals surface area contributed by atoms with E-state index in [4.69, 9.17) is 5.73 Å². The summed E-state index contributed by atoms with van der Waals surface area (Å²) in [5, 5.41) is 3.36. The van der Waals surface area contributed by atoms with Gasteiger partial charge in [-0.15, -0.1) is 0 Å². The Hall–Kier alpha value is -0.0800. The fourth-order valence-electron chi connectivity index (χ4n) is 1.84. The van der Waals surface area contributed by atoms with Gasteiger partial charge in [-0.05, 0) is 11.8 Å². The molecule has 0 aromatic heterocycles. The van der Waals surface area contributed by atoms with Crippen molar-refractivity contribution >= 4 is 0 Å². The first-order valence-corrected chi connectivity index (χ1v) is 3.21. The van der Waals surface area contributed by atoms with Crippen LogP contribution >= 0.6 is 0 Å². The highest BCUT2D eigenvalue weighted by molar-refractivity contribution is 5.13. The summed E-state index contributed by atoms with van der Waals surface area (Å²) >= 11 is 0. The van der Waals surface area contributed by atoms with E-state index in [-0.39, 0.29) is 0 Å². The number of nitrogens with two attached hydrogens (primary N) is 1. The van der Waals surface area contributed by atoms with Crippen LogP contribution in [0.15, 0.2) is 0 Å². The molecule has 1 aliphatic carbocycles. The number of rotatable bonds is 0. The SMILES string of the molecule is C[C@@]12CN[C@@H](C1)[C@@H]2N. The summed E-state index contributed by atoms with van der Waals surface area (Å²) in [6.07, 6.45) is 1.30. The van der Waals surface area contributed by atoms with Crippen molar-refractivity contribution in [3.63, 3.8) is 0 Å². The van der Waals surface area contributed by atoms with Gasteiger partial charge in [0.2, 0.25) is 0 Å². The quantitative estimate of drug-likeness (QED) is 0.451. The van der Waals surface area contributed by atoms with Crippen molar-refractivity contribution < 1.29 is 0 Å². The van der Waals surface area contributed by atoms with Crippen LogP contribution in [0.25, 0.3) is 0 Å². The molecule has 8 heavy (non-hydrogen) atoms. The zero-order valence-corrected chi connectivity index (χ0v) is 5.15. The van der Waals surface area contributed by atoms with Gasteiger partial charge in [-0.25, -0.2) is 0 Å². The minimum absolute atomic E-state index is 0.447. The monoisotopic (exact) mass is 112 g/mol. The van der Waals surface area contributed by atoms with Gasteiger partial charge in [0.1, 0.15) is 0 Å². The van der Waals surface area contributed by atoms with E-state index in [1.807, 2.05) is 0 Å². The molecule has 46 valence electrons. The fourth-order valence-corrected chi connectivity index (χ4v) is 1.84. The summed E-state index contributed by atoms with van der Waals surface area (Å²) in [6, 6.07) is 1.10. The van der Waals surface area contributed by atoms with Gasteiger partial charge in [0, 0.05) is 18.6 Å². The van der Waals surface area contributed by atoms with Crippen LogP contribution in [0, 0.1) is 5.41 Å². The largest absolute Gasteiger partial charge is 0.326 e. The number of nitrogens with one attached hydrogen (secondary N) is 1. The van der Waals surface area contributed by atoms with Gasteiger partial charge in [0.05, 0.1) is 0 Å². The van der Waals surface area contributed by atoms with Gasteiger partial charge in [-0.2, -0.15) is 0 Å². The van der Waals surface area contributed by atoms with E-state index in [0.717, 1.165) is 6.54 Å². The maximum Gasteiger partial charge on any atom is 0.0262 e. The molecule has 2 saturated heterocycles. The summed E-state index contributed by atoms with van der Waals surface area (Å²) in [5.41, 5.74) is 6.26. The molecule has 2 nitrogen and oxygen atoms in total. The van der Waals surface area contributed by atoms with Gasteiger partial charge in [0.15, 0.2) is 0 Å². The fraction of sp³-hybridized carbons (Fsp3) is 1.00. The summed E-state index contributed by atoms with van der Waals surface area (Å²) < 4.78 is 0. The van der Waals surface area contributed by atoms with E-state index in [9.17, 15) is 0 Å². The van der Waals surface area contributed by atoms with E-state index < -0.39 is 0 Å². The Bertz CT molecular complexity index is 120. The molecule has 3 aliphatic rings. The second kappa shape index (κ2) is 1.09. The molecule has 3 fully saturated rings. The molecule has 0 unspecified atom stereocenters. The molecule has 3 N–H and O–H groups in total. The predicted molar refractivity (Wildman–Crippen MR) is 32.5 cm³/mol. The minimum Gasteiger partial charge on any atom is -0.326 e. The summed E-state index contributed by atoms with van der Waals surface area (Å²) in [4.78, 5) is 0. The number of hydrogen-bond acceptors (Lipinski definition) is 2. The Balaban J connectivity index is 2.22. The smallest absolute Gasteiger partial charge is 0.0262 e. The number of hydrogen-bond donors (Lipinski definition) is 2. The minimum atomic E-state index is 0.447. The van der Waals surface area contributed by atoms with Crippen LogP contribution in [0.2, 0.25) is 0 Å². The van der Waals surface area contributed by atoms with E-state index in [1.165, 1.54) is 6.42 Å². The Labute approximate surface area is 49.4 Å². The Morgan fingerprint density at radius 1 is 1.75 bits per heavy atom. The van der Waals surface area contributed by atoms with Gasteiger partial charge >= 0.3 is 0 Å². The van der Waals surface area contributed by atoms with Crippen LogP contribution in [0.3, 0.4) is 0 Å². The molecular weight excluding hydrogens is 100 g/mol. The molecule has 3 rings (SSSR count). The first kappa shape index (κ1) is 4.77. The maximum absolute atomic E-state index is 5.80. The molecule has 2 aliphatic heterocycles. The standard InChI is InChI=1S/C6H12N2/c1-6-2-4(5(6)7)8-3-6/h4-5,8H,2-3,7H2,1H3/t4-,5-,6-/m0/s1. The molecule has 2 heteroatoms. The lowest BCUT2D eigenvalue weighted by molar-refractivity contribution is 0.176. The lowest BCUT2D eigenvalue weighted by Gasteiger charge is -2.40. The zero-order chi connectivity index (χ0) is 5.78. The average Bonchev–Trinajstić information content (AvgIpc) is 2.21. The van der Waals surface area contributed by atoms with Gasteiger partial charge < -0.3 is 11.1 Å². The molecule has 0 aromatic rings. The molecule has 1 saturated carbocycles. The van der Waals surface area contributed by atoms with E-state index in [2.05, 4.69) is 12.2 Å². The third kappa shape index (κ3) is 0.327. The van der Waals surface area contributed by atoms with Crippen molar-refractivity contribution in [1.29, 1.82) is 0 Å². The topological polar surface area (TPSA) is 38.0 Å². The molecule has 0 amide bonds.